The van der Waals surface area contributed by atoms with Crippen molar-refractivity contribution in [2.45, 2.75) is 43.4 Å². The lowest BCUT2D eigenvalue weighted by Crippen LogP contribution is -2.53. The highest BCUT2D eigenvalue weighted by molar-refractivity contribution is 5.41. The zero-order valence-corrected chi connectivity index (χ0v) is 13.1. The van der Waals surface area contributed by atoms with E-state index in [9.17, 15) is 5.11 Å². The van der Waals surface area contributed by atoms with Gasteiger partial charge in [0.1, 0.15) is 6.23 Å². The molecule has 0 bridgehead atoms. The number of fused-ring (bicyclic) bond motifs is 1. The molecular formula is C20H23NO. The van der Waals surface area contributed by atoms with Crippen molar-refractivity contribution in [1.82, 2.24) is 4.90 Å². The maximum atomic E-state index is 10.6. The van der Waals surface area contributed by atoms with Crippen molar-refractivity contribution in [2.24, 2.45) is 0 Å². The Morgan fingerprint density at radius 2 is 1.68 bits per heavy atom. The molecule has 4 rings (SSSR count). The molecule has 1 aliphatic heterocycles. The van der Waals surface area contributed by atoms with E-state index in [0.717, 1.165) is 6.42 Å². The van der Waals surface area contributed by atoms with Gasteiger partial charge in [0.05, 0.1) is 0 Å². The fourth-order valence-corrected chi connectivity index (χ4v) is 4.45. The molecule has 1 heterocycles. The van der Waals surface area contributed by atoms with Crippen LogP contribution in [0.1, 0.15) is 42.0 Å². The summed E-state index contributed by atoms with van der Waals surface area (Å²) in [5, 5.41) is 10.6. The Balaban J connectivity index is 1.86. The molecule has 1 saturated carbocycles. The van der Waals surface area contributed by atoms with Crippen LogP contribution in [0.2, 0.25) is 0 Å². The van der Waals surface area contributed by atoms with Gasteiger partial charge in [0, 0.05) is 17.9 Å². The molecule has 1 fully saturated rings. The Hall–Kier alpha value is -1.64. The van der Waals surface area contributed by atoms with E-state index in [2.05, 4.69) is 66.5 Å². The van der Waals surface area contributed by atoms with E-state index in [1.165, 1.54) is 36.0 Å². The molecule has 2 aromatic rings. The minimum absolute atomic E-state index is 0.146. The standard InChI is InChI=1S/C20H23NO/c1-21-18(22)14-15-8-5-6-11-17(15)19(21)20(12-7-13-20)16-9-3-2-4-10-16/h2-6,8-11,18-19,22H,7,12-14H2,1H3. The van der Waals surface area contributed by atoms with Crippen LogP contribution in [0.25, 0.3) is 0 Å². The Bertz CT molecular complexity index is 662. The second-order valence-electron chi connectivity index (χ2n) is 6.83. The summed E-state index contributed by atoms with van der Waals surface area (Å²) in [5.74, 6) is 0. The van der Waals surface area contributed by atoms with Gasteiger partial charge in [-0.15, -0.1) is 0 Å². The molecule has 22 heavy (non-hydrogen) atoms. The van der Waals surface area contributed by atoms with Gasteiger partial charge in [-0.05, 0) is 36.6 Å². The topological polar surface area (TPSA) is 23.5 Å². The van der Waals surface area contributed by atoms with Crippen LogP contribution in [-0.4, -0.2) is 23.3 Å². The zero-order valence-electron chi connectivity index (χ0n) is 13.1. The normalized spacial score (nSPS) is 27.0. The number of hydrogen-bond acceptors (Lipinski definition) is 2. The molecule has 0 saturated heterocycles. The van der Waals surface area contributed by atoms with E-state index in [1.54, 1.807) is 0 Å². The van der Waals surface area contributed by atoms with E-state index in [4.69, 9.17) is 0 Å². The number of nitrogens with zero attached hydrogens (tertiary/aromatic N) is 1. The SMILES string of the molecule is CN1C(O)Cc2ccccc2C1C1(c2ccccc2)CCC1. The van der Waals surface area contributed by atoms with Crippen LogP contribution >= 0.6 is 0 Å². The number of benzene rings is 2. The number of likely N-dealkylation sites (N-methyl/N-ethyl adjacent to an activating group) is 1. The number of hydrogen-bond donors (Lipinski definition) is 1. The third kappa shape index (κ3) is 1.94. The molecule has 2 aliphatic rings. The second-order valence-corrected chi connectivity index (χ2v) is 6.83. The van der Waals surface area contributed by atoms with Gasteiger partial charge in [-0.1, -0.05) is 61.0 Å². The van der Waals surface area contributed by atoms with Crippen molar-refractivity contribution in [3.8, 4) is 0 Å². The largest absolute Gasteiger partial charge is 0.378 e. The highest BCUT2D eigenvalue weighted by Gasteiger charge is 2.50. The first-order valence-electron chi connectivity index (χ1n) is 8.26. The first-order chi connectivity index (χ1) is 10.7. The van der Waals surface area contributed by atoms with E-state index in [-0.39, 0.29) is 17.7 Å². The highest BCUT2D eigenvalue weighted by atomic mass is 16.3. The van der Waals surface area contributed by atoms with Crippen molar-refractivity contribution in [1.29, 1.82) is 0 Å². The molecule has 2 nitrogen and oxygen atoms in total. The minimum atomic E-state index is -0.388. The molecule has 0 spiro atoms. The van der Waals surface area contributed by atoms with Gasteiger partial charge in [-0.3, -0.25) is 4.90 Å². The Labute approximate surface area is 132 Å². The van der Waals surface area contributed by atoms with Crippen molar-refractivity contribution in [2.75, 3.05) is 7.05 Å². The number of rotatable bonds is 2. The Kier molecular flexibility index (Phi) is 3.32. The summed E-state index contributed by atoms with van der Waals surface area (Å²) in [7, 11) is 2.08. The summed E-state index contributed by atoms with van der Waals surface area (Å²) in [5.41, 5.74) is 4.27. The van der Waals surface area contributed by atoms with Crippen LogP contribution in [0, 0.1) is 0 Å². The first-order valence-corrected chi connectivity index (χ1v) is 8.26. The van der Waals surface area contributed by atoms with Crippen molar-refractivity contribution in [3.63, 3.8) is 0 Å². The molecule has 1 N–H and O–H groups in total. The van der Waals surface area contributed by atoms with Crippen LogP contribution in [0.4, 0.5) is 0 Å². The van der Waals surface area contributed by atoms with Crippen LogP contribution in [-0.2, 0) is 11.8 Å². The maximum Gasteiger partial charge on any atom is 0.111 e. The quantitative estimate of drug-likeness (QED) is 0.913. The lowest BCUT2D eigenvalue weighted by Gasteiger charge is -2.54. The summed E-state index contributed by atoms with van der Waals surface area (Å²) in [6.07, 6.45) is 4.02. The fourth-order valence-electron chi connectivity index (χ4n) is 4.45. The van der Waals surface area contributed by atoms with Gasteiger partial charge in [0.15, 0.2) is 0 Å². The third-order valence-corrected chi connectivity index (χ3v) is 5.75. The highest BCUT2D eigenvalue weighted by Crippen LogP contribution is 2.56. The van der Waals surface area contributed by atoms with Crippen LogP contribution in [0.3, 0.4) is 0 Å². The molecule has 2 aromatic carbocycles. The predicted octanol–water partition coefficient (Wildman–Crippen LogP) is 3.66. The van der Waals surface area contributed by atoms with Gasteiger partial charge in [0.25, 0.3) is 0 Å². The van der Waals surface area contributed by atoms with E-state index < -0.39 is 0 Å². The summed E-state index contributed by atoms with van der Waals surface area (Å²) in [6.45, 7) is 0. The van der Waals surface area contributed by atoms with Crippen LogP contribution < -0.4 is 0 Å². The molecule has 0 aromatic heterocycles. The molecular weight excluding hydrogens is 270 g/mol. The fraction of sp³-hybridized carbons (Fsp3) is 0.400. The Morgan fingerprint density at radius 1 is 1.00 bits per heavy atom. The summed E-state index contributed by atoms with van der Waals surface area (Å²) < 4.78 is 0. The molecule has 0 amide bonds. The third-order valence-electron chi connectivity index (χ3n) is 5.75. The molecule has 0 radical (unpaired) electrons. The van der Waals surface area contributed by atoms with Gasteiger partial charge in [0.2, 0.25) is 0 Å². The lowest BCUT2D eigenvalue weighted by atomic mass is 9.57. The molecule has 1 aliphatic carbocycles. The average molecular weight is 293 g/mol. The predicted molar refractivity (Wildman–Crippen MR) is 88.6 cm³/mol. The van der Waals surface area contributed by atoms with E-state index >= 15 is 0 Å². The molecule has 114 valence electrons. The molecule has 2 unspecified atom stereocenters. The van der Waals surface area contributed by atoms with E-state index in [0.29, 0.717) is 0 Å². The first kappa shape index (κ1) is 14.0. The zero-order chi connectivity index (χ0) is 15.2. The van der Waals surface area contributed by atoms with Gasteiger partial charge in [-0.25, -0.2) is 0 Å². The summed E-state index contributed by atoms with van der Waals surface area (Å²) in [6, 6.07) is 19.8. The smallest absolute Gasteiger partial charge is 0.111 e. The van der Waals surface area contributed by atoms with Crippen molar-refractivity contribution < 1.29 is 5.11 Å². The second kappa shape index (κ2) is 5.22. The average Bonchev–Trinajstić information content (AvgIpc) is 2.51. The molecule has 2 heteroatoms. The van der Waals surface area contributed by atoms with E-state index in [1.807, 2.05) is 0 Å². The number of aliphatic hydroxyl groups excluding tert-OH is 1. The number of aliphatic hydroxyl groups is 1. The van der Waals surface area contributed by atoms with Gasteiger partial charge >= 0.3 is 0 Å². The lowest BCUT2D eigenvalue weighted by molar-refractivity contribution is -0.0573. The van der Waals surface area contributed by atoms with Crippen LogP contribution in [0.5, 0.6) is 0 Å². The molecule has 2 atom stereocenters. The summed E-state index contributed by atoms with van der Waals surface area (Å²) in [4.78, 5) is 2.19. The maximum absolute atomic E-state index is 10.6. The van der Waals surface area contributed by atoms with Gasteiger partial charge in [-0.2, -0.15) is 0 Å². The minimum Gasteiger partial charge on any atom is -0.378 e. The van der Waals surface area contributed by atoms with Crippen LogP contribution in [0.15, 0.2) is 54.6 Å². The monoisotopic (exact) mass is 293 g/mol. The Morgan fingerprint density at radius 3 is 2.36 bits per heavy atom. The van der Waals surface area contributed by atoms with Gasteiger partial charge < -0.3 is 5.11 Å². The van der Waals surface area contributed by atoms with Crippen molar-refractivity contribution in [3.05, 3.63) is 71.3 Å². The van der Waals surface area contributed by atoms with Crippen molar-refractivity contribution >= 4 is 0 Å². The summed E-state index contributed by atoms with van der Waals surface area (Å²) >= 11 is 0.